The zero-order valence-electron chi connectivity index (χ0n) is 23.0. The third-order valence-electron chi connectivity index (χ3n) is 9.31. The van der Waals surface area contributed by atoms with Crippen LogP contribution in [0.2, 0.25) is 0 Å². The molecule has 1 fully saturated rings. The van der Waals surface area contributed by atoms with Gasteiger partial charge in [0.1, 0.15) is 17.5 Å². The summed E-state index contributed by atoms with van der Waals surface area (Å²) in [6.45, 7) is 11.1. The summed E-state index contributed by atoms with van der Waals surface area (Å²) in [6, 6.07) is 5.14. The van der Waals surface area contributed by atoms with Gasteiger partial charge in [0.2, 0.25) is 5.91 Å². The van der Waals surface area contributed by atoms with Crippen molar-refractivity contribution in [3.63, 3.8) is 0 Å². The predicted octanol–water partition coefficient (Wildman–Crippen LogP) is 3.72. The highest BCUT2D eigenvalue weighted by Crippen LogP contribution is 2.66. The number of aryl methyl sites for hydroxylation is 1. The molecule has 0 saturated carbocycles. The molecule has 198 valence electrons. The highest BCUT2D eigenvalue weighted by atomic mass is 16.5. The number of rotatable bonds is 6. The van der Waals surface area contributed by atoms with Gasteiger partial charge in [-0.15, -0.1) is 0 Å². The number of H-pyrrole nitrogens is 1. The van der Waals surface area contributed by atoms with Gasteiger partial charge in [-0.1, -0.05) is 12.1 Å². The number of likely N-dealkylation sites (N-methyl/N-ethyl adjacent to an activating group) is 1. The quantitative estimate of drug-likeness (QED) is 0.560. The maximum atomic E-state index is 13.1. The van der Waals surface area contributed by atoms with Crippen molar-refractivity contribution in [1.29, 1.82) is 0 Å². The smallest absolute Gasteiger partial charge is 0.268 e. The number of nitrogens with one attached hydrogen (secondary N) is 3. The number of benzene rings is 1. The zero-order chi connectivity index (χ0) is 26.2. The van der Waals surface area contributed by atoms with Crippen LogP contribution in [-0.2, 0) is 29.5 Å². The highest BCUT2D eigenvalue weighted by molar-refractivity contribution is 5.94. The Labute approximate surface area is 219 Å². The van der Waals surface area contributed by atoms with Gasteiger partial charge in [-0.05, 0) is 102 Å². The van der Waals surface area contributed by atoms with E-state index < -0.39 is 0 Å². The number of likely N-dealkylation sites (tertiary alicyclic amines) is 1. The molecule has 4 atom stereocenters. The monoisotopic (exact) mass is 504 g/mol. The second-order valence-electron chi connectivity index (χ2n) is 12.3. The maximum absolute atomic E-state index is 13.1. The van der Waals surface area contributed by atoms with Crippen molar-refractivity contribution in [2.24, 2.45) is 5.92 Å². The number of amides is 2. The fraction of sp³-hybridized carbons (Fsp3) is 0.600. The summed E-state index contributed by atoms with van der Waals surface area (Å²) in [4.78, 5) is 31.7. The lowest BCUT2D eigenvalue weighted by molar-refractivity contribution is -0.121. The number of carbonyl (C=O) groups is 2. The Balaban J connectivity index is 1.45. The number of hydrogen-bond donors (Lipinski definition) is 3. The fourth-order valence-corrected chi connectivity index (χ4v) is 7.76. The van der Waals surface area contributed by atoms with Crippen molar-refractivity contribution in [1.82, 2.24) is 20.5 Å². The molecule has 2 amide bonds. The molecule has 2 aliphatic heterocycles. The normalized spacial score (nSPS) is 27.1. The molecule has 3 heterocycles. The molecule has 1 saturated heterocycles. The van der Waals surface area contributed by atoms with Crippen LogP contribution in [-0.4, -0.2) is 53.4 Å². The molecule has 6 rings (SSSR count). The van der Waals surface area contributed by atoms with E-state index in [4.69, 9.17) is 4.74 Å². The number of fused-ring (bicyclic) bond motifs is 2. The SMILES string of the molecule is Cc1c(C(=O)NC(C)C)[nH]c2c1C[C@@H]1[C@@H]3Cc4ccc(CCC(=O)NC(C)C)c5c4[C@@]1(CCN3C)[C@H]2O5. The number of aromatic amines is 1. The third-order valence-corrected chi connectivity index (χ3v) is 9.31. The van der Waals surface area contributed by atoms with E-state index in [1.165, 1.54) is 16.7 Å². The summed E-state index contributed by atoms with van der Waals surface area (Å²) in [5, 5.41) is 6.08. The predicted molar refractivity (Wildman–Crippen MR) is 143 cm³/mol. The van der Waals surface area contributed by atoms with E-state index in [9.17, 15) is 9.59 Å². The molecule has 2 bridgehead atoms. The summed E-state index contributed by atoms with van der Waals surface area (Å²) < 4.78 is 7.00. The first-order valence-electron chi connectivity index (χ1n) is 14.0. The standard InChI is InChI=1S/C30H40N4O3/c1-15(2)31-23(35)10-9-18-7-8-19-13-22-21-14-20-17(5)25(29(36)32-16(3)4)33-26(20)28-30(21,11-12-34(22)6)24(19)27(18)37-28/h7-8,15-16,21-22,28,33H,9-14H2,1-6H3,(H,31,35)(H,32,36)/t21-,22+,28+,30+/m1/s1. The van der Waals surface area contributed by atoms with E-state index in [2.05, 4.69) is 46.6 Å². The van der Waals surface area contributed by atoms with E-state index in [1.54, 1.807) is 0 Å². The van der Waals surface area contributed by atoms with Gasteiger partial charge in [-0.3, -0.25) is 9.59 Å². The molecule has 0 unspecified atom stereocenters. The minimum Gasteiger partial charge on any atom is -0.483 e. The number of ether oxygens (including phenoxy) is 1. The lowest BCUT2D eigenvalue weighted by Gasteiger charge is -2.57. The van der Waals surface area contributed by atoms with Crippen molar-refractivity contribution >= 4 is 11.8 Å². The summed E-state index contributed by atoms with van der Waals surface area (Å²) >= 11 is 0. The topological polar surface area (TPSA) is 86.5 Å². The van der Waals surface area contributed by atoms with E-state index in [-0.39, 0.29) is 35.4 Å². The molecule has 4 aliphatic rings. The average Bonchev–Trinajstić information content (AvgIpc) is 3.34. The molecule has 0 radical (unpaired) electrons. The molecule has 37 heavy (non-hydrogen) atoms. The molecule has 3 N–H and O–H groups in total. The second kappa shape index (κ2) is 8.62. The molecular weight excluding hydrogens is 464 g/mol. The van der Waals surface area contributed by atoms with Gasteiger partial charge in [0.15, 0.2) is 0 Å². The van der Waals surface area contributed by atoms with E-state index in [1.807, 2.05) is 27.7 Å². The summed E-state index contributed by atoms with van der Waals surface area (Å²) in [5.41, 5.74) is 7.88. The Morgan fingerprint density at radius 1 is 1.16 bits per heavy atom. The molecule has 1 aromatic carbocycles. The molecule has 1 aromatic heterocycles. The maximum Gasteiger partial charge on any atom is 0.268 e. The molecular formula is C30H40N4O3. The van der Waals surface area contributed by atoms with Gasteiger partial charge >= 0.3 is 0 Å². The Bertz CT molecular complexity index is 1280. The van der Waals surface area contributed by atoms with E-state index >= 15 is 0 Å². The highest BCUT2D eigenvalue weighted by Gasteiger charge is 2.65. The van der Waals surface area contributed by atoms with Crippen molar-refractivity contribution in [2.75, 3.05) is 13.6 Å². The van der Waals surface area contributed by atoms with Crippen LogP contribution < -0.4 is 15.4 Å². The Morgan fingerprint density at radius 3 is 2.65 bits per heavy atom. The van der Waals surface area contributed by atoms with E-state index in [0.29, 0.717) is 30.5 Å². The van der Waals surface area contributed by atoms with Gasteiger partial charge in [-0.2, -0.15) is 0 Å². The van der Waals surface area contributed by atoms with Gasteiger partial charge in [0.25, 0.3) is 5.91 Å². The first kappa shape index (κ1) is 24.5. The molecule has 7 nitrogen and oxygen atoms in total. The van der Waals surface area contributed by atoms with E-state index in [0.717, 1.165) is 48.4 Å². The van der Waals surface area contributed by atoms with Gasteiger partial charge < -0.3 is 25.3 Å². The van der Waals surface area contributed by atoms with Crippen molar-refractivity contribution in [3.8, 4) is 5.75 Å². The summed E-state index contributed by atoms with van der Waals surface area (Å²) in [7, 11) is 2.26. The van der Waals surface area contributed by atoms with Crippen LogP contribution in [0.15, 0.2) is 12.1 Å². The van der Waals surface area contributed by atoms with Crippen molar-refractivity contribution in [3.05, 3.63) is 51.3 Å². The largest absolute Gasteiger partial charge is 0.483 e. The summed E-state index contributed by atoms with van der Waals surface area (Å²) in [6.07, 6.45) is 4.01. The third kappa shape index (κ3) is 3.57. The van der Waals surface area contributed by atoms with Gasteiger partial charge in [0.05, 0.1) is 5.69 Å². The van der Waals surface area contributed by atoms with Gasteiger partial charge in [-0.25, -0.2) is 0 Å². The Hall–Kier alpha value is -2.80. The molecule has 7 heteroatoms. The average molecular weight is 505 g/mol. The van der Waals surface area contributed by atoms with Crippen LogP contribution in [0.25, 0.3) is 0 Å². The molecule has 2 aromatic rings. The Kier molecular flexibility index (Phi) is 5.71. The van der Waals surface area contributed by atoms with Crippen LogP contribution in [0, 0.1) is 12.8 Å². The van der Waals surface area contributed by atoms with Crippen LogP contribution in [0.1, 0.15) is 90.6 Å². The first-order chi connectivity index (χ1) is 17.6. The number of hydrogen-bond acceptors (Lipinski definition) is 4. The van der Waals surface area contributed by atoms with Crippen LogP contribution in [0.3, 0.4) is 0 Å². The fourth-order valence-electron chi connectivity index (χ4n) is 7.76. The number of carbonyl (C=O) groups excluding carboxylic acids is 2. The minimum atomic E-state index is -0.128. The molecule has 2 aliphatic carbocycles. The second-order valence-corrected chi connectivity index (χ2v) is 12.3. The summed E-state index contributed by atoms with van der Waals surface area (Å²) in [5.74, 6) is 1.47. The minimum absolute atomic E-state index is 0.0458. The van der Waals surface area contributed by atoms with Crippen LogP contribution in [0.5, 0.6) is 5.75 Å². The van der Waals surface area contributed by atoms with Crippen LogP contribution in [0.4, 0.5) is 0 Å². The number of aromatic nitrogens is 1. The van der Waals surface area contributed by atoms with Crippen molar-refractivity contribution in [2.45, 2.75) is 96.4 Å². The first-order valence-corrected chi connectivity index (χ1v) is 14.0. The molecule has 1 spiro atoms. The number of nitrogens with zero attached hydrogens (tertiary/aromatic N) is 1. The zero-order valence-corrected chi connectivity index (χ0v) is 23.0. The number of piperidine rings is 1. The lowest BCUT2D eigenvalue weighted by atomic mass is 9.51. The Morgan fingerprint density at radius 2 is 1.92 bits per heavy atom. The van der Waals surface area contributed by atoms with Crippen LogP contribution >= 0.6 is 0 Å². The van der Waals surface area contributed by atoms with Gasteiger partial charge in [0, 0.05) is 35.5 Å². The van der Waals surface area contributed by atoms with Crippen molar-refractivity contribution < 1.29 is 14.3 Å². The lowest BCUT2D eigenvalue weighted by Crippen LogP contribution is -2.62.